The topological polar surface area (TPSA) is 49.4 Å². The third kappa shape index (κ3) is 3.28. The van der Waals surface area contributed by atoms with Gasteiger partial charge in [0, 0.05) is 17.3 Å². The molecular formula is C21H19ClN2O2. The van der Waals surface area contributed by atoms with Crippen molar-refractivity contribution in [2.24, 2.45) is 0 Å². The number of amides is 2. The Labute approximate surface area is 157 Å². The number of carbonyl (C=O) groups excluding carboxylic acids is 2. The molecule has 132 valence electrons. The summed E-state index contributed by atoms with van der Waals surface area (Å²) in [5.74, 6) is -0.707. The molecule has 0 saturated heterocycles. The maximum Gasteiger partial charge on any atom is 0.278 e. The number of halogens is 1. The van der Waals surface area contributed by atoms with Crippen LogP contribution in [0.1, 0.15) is 16.7 Å². The summed E-state index contributed by atoms with van der Waals surface area (Å²) in [5.41, 5.74) is 3.97. The zero-order valence-corrected chi connectivity index (χ0v) is 15.4. The normalized spacial score (nSPS) is 14.2. The Morgan fingerprint density at radius 3 is 2.38 bits per heavy atom. The molecule has 3 rings (SSSR count). The lowest BCUT2D eigenvalue weighted by atomic mass is 10.0. The quantitative estimate of drug-likeness (QED) is 0.632. The summed E-state index contributed by atoms with van der Waals surface area (Å²) in [6, 6.07) is 12.9. The Bertz CT molecular complexity index is 930. The van der Waals surface area contributed by atoms with Gasteiger partial charge in [0.2, 0.25) is 0 Å². The Morgan fingerprint density at radius 2 is 1.77 bits per heavy atom. The van der Waals surface area contributed by atoms with E-state index in [4.69, 9.17) is 11.6 Å². The van der Waals surface area contributed by atoms with E-state index in [1.54, 1.807) is 6.07 Å². The Kier molecular flexibility index (Phi) is 4.96. The van der Waals surface area contributed by atoms with Crippen LogP contribution in [0.5, 0.6) is 0 Å². The lowest BCUT2D eigenvalue weighted by molar-refractivity contribution is -0.136. The highest BCUT2D eigenvalue weighted by molar-refractivity contribution is 6.36. The highest BCUT2D eigenvalue weighted by Gasteiger charge is 2.38. The second-order valence-electron chi connectivity index (χ2n) is 6.21. The summed E-state index contributed by atoms with van der Waals surface area (Å²) in [4.78, 5) is 26.8. The van der Waals surface area contributed by atoms with Crippen molar-refractivity contribution in [3.8, 4) is 0 Å². The molecule has 0 aliphatic carbocycles. The van der Waals surface area contributed by atoms with Crippen molar-refractivity contribution in [1.29, 1.82) is 0 Å². The molecular weight excluding hydrogens is 348 g/mol. The van der Waals surface area contributed by atoms with Gasteiger partial charge in [0.15, 0.2) is 0 Å². The van der Waals surface area contributed by atoms with Crippen LogP contribution in [0.15, 0.2) is 60.8 Å². The fraction of sp³-hybridized carbons (Fsp3) is 0.143. The van der Waals surface area contributed by atoms with E-state index in [0.29, 0.717) is 21.8 Å². The molecule has 0 saturated carbocycles. The molecule has 0 unspecified atom stereocenters. The van der Waals surface area contributed by atoms with E-state index in [2.05, 4.69) is 11.9 Å². The predicted octanol–water partition coefficient (Wildman–Crippen LogP) is 4.33. The molecule has 1 aliphatic rings. The number of imide groups is 1. The number of rotatable bonds is 5. The molecule has 1 aliphatic heterocycles. The summed E-state index contributed by atoms with van der Waals surface area (Å²) in [7, 11) is 0. The van der Waals surface area contributed by atoms with Crippen molar-refractivity contribution in [3.05, 3.63) is 82.5 Å². The average Bonchev–Trinajstić information content (AvgIpc) is 2.84. The molecule has 0 radical (unpaired) electrons. The number of benzene rings is 2. The van der Waals surface area contributed by atoms with Crippen LogP contribution in [0.3, 0.4) is 0 Å². The maximum absolute atomic E-state index is 12.8. The molecule has 0 atom stereocenters. The molecule has 0 aromatic heterocycles. The summed E-state index contributed by atoms with van der Waals surface area (Å²) in [5, 5.41) is 3.68. The van der Waals surface area contributed by atoms with Gasteiger partial charge in [-0.1, -0.05) is 53.6 Å². The number of hydrogen-bond donors (Lipinski definition) is 1. The maximum atomic E-state index is 12.8. The number of carbonyl (C=O) groups is 2. The molecule has 1 N–H and O–H groups in total. The van der Waals surface area contributed by atoms with Crippen LogP contribution < -0.4 is 5.32 Å². The van der Waals surface area contributed by atoms with Crippen LogP contribution in [-0.4, -0.2) is 23.3 Å². The molecule has 4 nitrogen and oxygen atoms in total. The van der Waals surface area contributed by atoms with Crippen molar-refractivity contribution >= 4 is 34.7 Å². The van der Waals surface area contributed by atoms with Gasteiger partial charge < -0.3 is 5.32 Å². The first-order chi connectivity index (χ1) is 12.4. The Morgan fingerprint density at radius 1 is 1.08 bits per heavy atom. The van der Waals surface area contributed by atoms with Crippen LogP contribution >= 0.6 is 11.6 Å². The summed E-state index contributed by atoms with van der Waals surface area (Å²) in [6.45, 7) is 7.66. The minimum atomic E-state index is -0.373. The largest absolute Gasteiger partial charge is 0.350 e. The van der Waals surface area contributed by atoms with Crippen LogP contribution in [0.4, 0.5) is 5.69 Å². The van der Waals surface area contributed by atoms with Gasteiger partial charge in [-0.3, -0.25) is 14.5 Å². The monoisotopic (exact) mass is 366 g/mol. The first kappa shape index (κ1) is 18.0. The molecule has 5 heteroatoms. The van der Waals surface area contributed by atoms with Crippen LogP contribution in [-0.2, 0) is 9.59 Å². The molecule has 0 bridgehead atoms. The second kappa shape index (κ2) is 7.18. The Hall–Kier alpha value is -2.85. The molecule has 0 fully saturated rings. The summed E-state index contributed by atoms with van der Waals surface area (Å²) >= 11 is 6.18. The summed E-state index contributed by atoms with van der Waals surface area (Å²) < 4.78 is 0. The average molecular weight is 367 g/mol. The van der Waals surface area contributed by atoms with E-state index < -0.39 is 0 Å². The van der Waals surface area contributed by atoms with Crippen molar-refractivity contribution in [3.63, 3.8) is 0 Å². The van der Waals surface area contributed by atoms with E-state index in [1.807, 2.05) is 50.2 Å². The number of aryl methyl sites for hydroxylation is 2. The highest BCUT2D eigenvalue weighted by atomic mass is 35.5. The van der Waals surface area contributed by atoms with Crippen LogP contribution in [0, 0.1) is 13.8 Å². The molecule has 2 amide bonds. The number of nitrogens with one attached hydrogen (secondary N) is 1. The van der Waals surface area contributed by atoms with Crippen molar-refractivity contribution in [2.45, 2.75) is 13.8 Å². The first-order valence-corrected chi connectivity index (χ1v) is 8.61. The SMILES string of the molecule is C=CCN1C(=O)C(Nc2ccc(C)c(Cl)c2)=C(c2ccc(C)cc2)C1=O. The van der Waals surface area contributed by atoms with Crippen molar-refractivity contribution < 1.29 is 9.59 Å². The number of anilines is 1. The van der Waals surface area contributed by atoms with Gasteiger partial charge in [-0.2, -0.15) is 0 Å². The molecule has 1 heterocycles. The van der Waals surface area contributed by atoms with Gasteiger partial charge in [0.1, 0.15) is 5.70 Å². The standard InChI is InChI=1S/C21H19ClN2O2/c1-4-11-24-20(25)18(15-8-5-13(2)6-9-15)19(21(24)26)23-16-10-7-14(3)17(22)12-16/h4-10,12,23H,1,11H2,2-3H3. The predicted molar refractivity (Wildman–Crippen MR) is 105 cm³/mol. The third-order valence-electron chi connectivity index (χ3n) is 4.26. The van der Waals surface area contributed by atoms with Gasteiger partial charge in [0.05, 0.1) is 5.57 Å². The lowest BCUT2D eigenvalue weighted by Crippen LogP contribution is -2.32. The van der Waals surface area contributed by atoms with E-state index in [1.165, 1.54) is 11.0 Å². The number of hydrogen-bond acceptors (Lipinski definition) is 3. The molecule has 0 spiro atoms. The third-order valence-corrected chi connectivity index (χ3v) is 4.67. The fourth-order valence-corrected chi connectivity index (χ4v) is 2.97. The zero-order chi connectivity index (χ0) is 18.8. The lowest BCUT2D eigenvalue weighted by Gasteiger charge is -2.12. The molecule has 2 aromatic carbocycles. The summed E-state index contributed by atoms with van der Waals surface area (Å²) in [6.07, 6.45) is 1.54. The van der Waals surface area contributed by atoms with E-state index >= 15 is 0 Å². The zero-order valence-electron chi connectivity index (χ0n) is 14.7. The van der Waals surface area contributed by atoms with Gasteiger partial charge >= 0.3 is 0 Å². The van der Waals surface area contributed by atoms with Crippen molar-refractivity contribution in [2.75, 3.05) is 11.9 Å². The molecule has 2 aromatic rings. The van der Waals surface area contributed by atoms with Crippen LogP contribution in [0.2, 0.25) is 5.02 Å². The number of nitrogens with zero attached hydrogens (tertiary/aromatic N) is 1. The van der Waals surface area contributed by atoms with Gasteiger partial charge in [0.25, 0.3) is 11.8 Å². The fourth-order valence-electron chi connectivity index (χ4n) is 2.79. The van der Waals surface area contributed by atoms with Crippen molar-refractivity contribution in [1.82, 2.24) is 4.90 Å². The highest BCUT2D eigenvalue weighted by Crippen LogP contribution is 2.31. The Balaban J connectivity index is 2.08. The van der Waals surface area contributed by atoms with E-state index in [-0.39, 0.29) is 24.1 Å². The van der Waals surface area contributed by atoms with Crippen LogP contribution in [0.25, 0.3) is 5.57 Å². The second-order valence-corrected chi connectivity index (χ2v) is 6.62. The first-order valence-electron chi connectivity index (χ1n) is 8.24. The minimum Gasteiger partial charge on any atom is -0.350 e. The van der Waals surface area contributed by atoms with E-state index in [9.17, 15) is 9.59 Å². The van der Waals surface area contributed by atoms with Gasteiger partial charge in [-0.15, -0.1) is 6.58 Å². The van der Waals surface area contributed by atoms with Gasteiger partial charge in [-0.05, 0) is 37.1 Å². The minimum absolute atomic E-state index is 0.160. The van der Waals surface area contributed by atoms with Gasteiger partial charge in [-0.25, -0.2) is 0 Å². The molecule has 26 heavy (non-hydrogen) atoms. The van der Waals surface area contributed by atoms with E-state index in [0.717, 1.165) is 11.1 Å². The smallest absolute Gasteiger partial charge is 0.278 e.